The molecule has 1 amide bonds. The second-order valence-electron chi connectivity index (χ2n) is 5.30. The number of likely N-dealkylation sites (tertiary alicyclic amines) is 1. The smallest absolute Gasteiger partial charge is 0.228 e. The number of nitrogens with zero attached hydrogens (tertiary/aromatic N) is 1. The normalized spacial score (nSPS) is 18.4. The highest BCUT2D eigenvalue weighted by Gasteiger charge is 2.19. The average molecular weight is 260 g/mol. The Labute approximate surface area is 113 Å². The third kappa shape index (κ3) is 2.66. The van der Waals surface area contributed by atoms with Gasteiger partial charge < -0.3 is 21.3 Å². The summed E-state index contributed by atoms with van der Waals surface area (Å²) < 4.78 is 0. The van der Waals surface area contributed by atoms with Crippen LogP contribution in [0.1, 0.15) is 18.4 Å². The van der Waals surface area contributed by atoms with Crippen molar-refractivity contribution in [3.05, 3.63) is 17.7 Å². The molecular formula is C14H20N4O. The van der Waals surface area contributed by atoms with E-state index in [-0.39, 0.29) is 5.91 Å². The average Bonchev–Trinajstić information content (AvgIpc) is 2.98. The molecule has 0 radical (unpaired) electrons. The summed E-state index contributed by atoms with van der Waals surface area (Å²) in [5, 5.41) is 6.22. The van der Waals surface area contributed by atoms with Crippen molar-refractivity contribution in [3.8, 4) is 0 Å². The molecular weight excluding hydrogens is 240 g/mol. The highest BCUT2D eigenvalue weighted by molar-refractivity contribution is 6.00. The number of amides is 1. The lowest BCUT2D eigenvalue weighted by Gasteiger charge is -2.16. The Morgan fingerprint density at radius 2 is 2.11 bits per heavy atom. The zero-order valence-electron chi connectivity index (χ0n) is 11.0. The van der Waals surface area contributed by atoms with Gasteiger partial charge in [-0.2, -0.15) is 0 Å². The summed E-state index contributed by atoms with van der Waals surface area (Å²) in [6, 6.07) is 3.84. The van der Waals surface area contributed by atoms with E-state index in [9.17, 15) is 4.79 Å². The summed E-state index contributed by atoms with van der Waals surface area (Å²) in [4.78, 5) is 13.8. The molecule has 2 heterocycles. The molecule has 5 nitrogen and oxygen atoms in total. The Hall–Kier alpha value is -1.75. The topological polar surface area (TPSA) is 70.4 Å². The Morgan fingerprint density at radius 1 is 1.32 bits per heavy atom. The summed E-state index contributed by atoms with van der Waals surface area (Å²) in [6.45, 7) is 4.34. The van der Waals surface area contributed by atoms with Crippen molar-refractivity contribution in [2.45, 2.75) is 19.3 Å². The Morgan fingerprint density at radius 3 is 2.89 bits per heavy atom. The van der Waals surface area contributed by atoms with E-state index in [0.29, 0.717) is 6.42 Å². The largest absolute Gasteiger partial charge is 0.397 e. The van der Waals surface area contributed by atoms with Gasteiger partial charge in [-0.25, -0.2) is 0 Å². The molecule has 3 rings (SSSR count). The molecule has 102 valence electrons. The fourth-order valence-electron chi connectivity index (χ4n) is 2.80. The first kappa shape index (κ1) is 12.3. The third-order valence-corrected chi connectivity index (χ3v) is 3.84. The van der Waals surface area contributed by atoms with Crippen LogP contribution in [0.4, 0.5) is 17.1 Å². The third-order valence-electron chi connectivity index (χ3n) is 3.84. The van der Waals surface area contributed by atoms with Gasteiger partial charge in [-0.3, -0.25) is 4.79 Å². The number of carbonyl (C=O) groups excluding carboxylic acids is 1. The number of hydrogen-bond donors (Lipinski definition) is 3. The number of carbonyl (C=O) groups is 1. The molecule has 0 unspecified atom stereocenters. The molecule has 2 aliphatic rings. The van der Waals surface area contributed by atoms with Crippen molar-refractivity contribution >= 4 is 23.0 Å². The lowest BCUT2D eigenvalue weighted by atomic mass is 10.1. The van der Waals surface area contributed by atoms with Gasteiger partial charge in [-0.05, 0) is 43.6 Å². The molecule has 0 aliphatic carbocycles. The molecule has 1 saturated heterocycles. The van der Waals surface area contributed by atoms with E-state index in [1.165, 1.54) is 25.9 Å². The van der Waals surface area contributed by atoms with Gasteiger partial charge in [-0.15, -0.1) is 0 Å². The summed E-state index contributed by atoms with van der Waals surface area (Å²) in [7, 11) is 0. The quantitative estimate of drug-likeness (QED) is 0.713. The molecule has 1 fully saturated rings. The summed E-state index contributed by atoms with van der Waals surface area (Å²) in [5.74, 6) is 0.0450. The van der Waals surface area contributed by atoms with Gasteiger partial charge in [0.25, 0.3) is 0 Å². The molecule has 0 bridgehead atoms. The summed E-state index contributed by atoms with van der Waals surface area (Å²) >= 11 is 0. The van der Waals surface area contributed by atoms with Crippen molar-refractivity contribution in [3.63, 3.8) is 0 Å². The van der Waals surface area contributed by atoms with Gasteiger partial charge >= 0.3 is 0 Å². The number of nitrogens with one attached hydrogen (secondary N) is 2. The molecule has 4 N–H and O–H groups in total. The van der Waals surface area contributed by atoms with Gasteiger partial charge in [0.15, 0.2) is 0 Å². The van der Waals surface area contributed by atoms with E-state index < -0.39 is 0 Å². The number of hydrogen-bond acceptors (Lipinski definition) is 4. The van der Waals surface area contributed by atoms with Crippen molar-refractivity contribution in [2.24, 2.45) is 0 Å². The number of benzene rings is 1. The molecule has 0 atom stereocenters. The number of nitrogens with two attached hydrogens (primary N) is 1. The predicted octanol–water partition coefficient (Wildman–Crippen LogP) is 1.27. The van der Waals surface area contributed by atoms with Crippen LogP contribution in [0.15, 0.2) is 12.1 Å². The van der Waals surface area contributed by atoms with E-state index in [1.54, 1.807) is 0 Å². The van der Waals surface area contributed by atoms with Gasteiger partial charge in [0, 0.05) is 18.8 Å². The first-order valence-electron chi connectivity index (χ1n) is 6.91. The van der Waals surface area contributed by atoms with Crippen LogP contribution in [0, 0.1) is 0 Å². The number of anilines is 3. The first-order chi connectivity index (χ1) is 9.22. The number of fused-ring (bicyclic) bond motifs is 1. The van der Waals surface area contributed by atoms with Crippen LogP contribution in [0.5, 0.6) is 0 Å². The summed E-state index contributed by atoms with van der Waals surface area (Å²) in [6.07, 6.45) is 3.06. The van der Waals surface area contributed by atoms with Crippen LogP contribution in [-0.2, 0) is 11.2 Å². The molecule has 2 aliphatic heterocycles. The van der Waals surface area contributed by atoms with Crippen molar-refractivity contribution in [2.75, 3.05) is 42.5 Å². The van der Waals surface area contributed by atoms with Crippen LogP contribution in [-0.4, -0.2) is 37.0 Å². The standard InChI is InChI=1S/C14H20N4O/c15-11-7-10-8-14(19)17-12(10)9-13(11)16-3-6-18-4-1-2-5-18/h7,9,16H,1-6,8,15H2,(H,17,19). The maximum Gasteiger partial charge on any atom is 0.228 e. The first-order valence-corrected chi connectivity index (χ1v) is 6.91. The fourth-order valence-corrected chi connectivity index (χ4v) is 2.80. The highest BCUT2D eigenvalue weighted by atomic mass is 16.1. The van der Waals surface area contributed by atoms with E-state index in [1.807, 2.05) is 12.1 Å². The molecule has 0 spiro atoms. The van der Waals surface area contributed by atoms with E-state index in [4.69, 9.17) is 5.73 Å². The minimum absolute atomic E-state index is 0.0450. The Balaban J connectivity index is 1.61. The van der Waals surface area contributed by atoms with Gasteiger partial charge in [0.05, 0.1) is 17.8 Å². The Bertz CT molecular complexity index is 494. The van der Waals surface area contributed by atoms with E-state index in [0.717, 1.165) is 35.7 Å². The zero-order chi connectivity index (χ0) is 13.2. The van der Waals surface area contributed by atoms with Gasteiger partial charge in [0.2, 0.25) is 5.91 Å². The van der Waals surface area contributed by atoms with Gasteiger partial charge in [0.1, 0.15) is 0 Å². The van der Waals surface area contributed by atoms with Crippen LogP contribution in [0.3, 0.4) is 0 Å². The van der Waals surface area contributed by atoms with Crippen molar-refractivity contribution in [1.82, 2.24) is 4.90 Å². The molecule has 0 saturated carbocycles. The minimum atomic E-state index is 0.0450. The van der Waals surface area contributed by atoms with Gasteiger partial charge in [-0.1, -0.05) is 0 Å². The Kier molecular flexibility index (Phi) is 3.29. The number of rotatable bonds is 4. The minimum Gasteiger partial charge on any atom is -0.397 e. The zero-order valence-corrected chi connectivity index (χ0v) is 11.0. The molecule has 5 heteroatoms. The molecule has 1 aromatic carbocycles. The maximum atomic E-state index is 11.3. The van der Waals surface area contributed by atoms with E-state index >= 15 is 0 Å². The predicted molar refractivity (Wildman–Crippen MR) is 77.4 cm³/mol. The van der Waals surface area contributed by atoms with Crippen LogP contribution in [0.25, 0.3) is 0 Å². The lowest BCUT2D eigenvalue weighted by molar-refractivity contribution is -0.115. The highest BCUT2D eigenvalue weighted by Crippen LogP contribution is 2.31. The monoisotopic (exact) mass is 260 g/mol. The van der Waals surface area contributed by atoms with E-state index in [2.05, 4.69) is 15.5 Å². The van der Waals surface area contributed by atoms with Crippen LogP contribution >= 0.6 is 0 Å². The number of nitrogen functional groups attached to an aromatic ring is 1. The van der Waals surface area contributed by atoms with Crippen LogP contribution < -0.4 is 16.4 Å². The second kappa shape index (κ2) is 5.09. The molecule has 1 aromatic rings. The second-order valence-corrected chi connectivity index (χ2v) is 5.30. The molecule has 19 heavy (non-hydrogen) atoms. The summed E-state index contributed by atoms with van der Waals surface area (Å²) in [5.41, 5.74) is 9.54. The fraction of sp³-hybridized carbons (Fsp3) is 0.500. The SMILES string of the molecule is Nc1cc2c(cc1NCCN1CCCC1)NC(=O)C2. The maximum absolute atomic E-state index is 11.3. The lowest BCUT2D eigenvalue weighted by Crippen LogP contribution is -2.26. The van der Waals surface area contributed by atoms with Crippen molar-refractivity contribution < 1.29 is 4.79 Å². The van der Waals surface area contributed by atoms with Crippen LogP contribution in [0.2, 0.25) is 0 Å². The molecule has 0 aromatic heterocycles. The van der Waals surface area contributed by atoms with Crippen molar-refractivity contribution in [1.29, 1.82) is 0 Å².